The molecule has 0 aliphatic carbocycles. The molecule has 7 heteroatoms. The van der Waals surface area contributed by atoms with Gasteiger partial charge in [-0.3, -0.25) is 4.79 Å². The Morgan fingerprint density at radius 1 is 1.25 bits per heavy atom. The number of aromatic nitrogens is 2. The average molecular weight is 400 g/mol. The van der Waals surface area contributed by atoms with E-state index in [-0.39, 0.29) is 12.5 Å². The maximum absolute atomic E-state index is 13.1. The predicted octanol–water partition coefficient (Wildman–Crippen LogP) is 4.62. The van der Waals surface area contributed by atoms with Crippen molar-refractivity contribution in [3.63, 3.8) is 0 Å². The summed E-state index contributed by atoms with van der Waals surface area (Å²) in [6.45, 7) is 8.71. The summed E-state index contributed by atoms with van der Waals surface area (Å²) in [4.78, 5) is 20.1. The van der Waals surface area contributed by atoms with Gasteiger partial charge >= 0.3 is 0 Å². The first-order valence-electron chi connectivity index (χ1n) is 9.41. The van der Waals surface area contributed by atoms with Crippen molar-refractivity contribution in [2.75, 3.05) is 6.54 Å². The van der Waals surface area contributed by atoms with Crippen LogP contribution in [-0.4, -0.2) is 33.6 Å². The van der Waals surface area contributed by atoms with Crippen molar-refractivity contribution in [3.8, 4) is 16.5 Å². The van der Waals surface area contributed by atoms with Gasteiger partial charge in [-0.15, -0.1) is 11.3 Å². The molecule has 1 aromatic carbocycles. The SMILES string of the molecule is CCC(Oc1cccc(C)c1C)C(=O)N(CC)Cc1nc(-c2cccs2)no1. The van der Waals surface area contributed by atoms with Gasteiger partial charge < -0.3 is 14.2 Å². The molecule has 0 saturated heterocycles. The van der Waals surface area contributed by atoms with E-state index in [1.54, 1.807) is 16.2 Å². The van der Waals surface area contributed by atoms with Crippen LogP contribution in [0.4, 0.5) is 0 Å². The van der Waals surface area contributed by atoms with E-state index in [9.17, 15) is 4.79 Å². The van der Waals surface area contributed by atoms with E-state index in [0.29, 0.717) is 24.7 Å². The van der Waals surface area contributed by atoms with Crippen LogP contribution >= 0.6 is 11.3 Å². The third kappa shape index (κ3) is 4.42. The Bertz CT molecular complexity index is 921. The van der Waals surface area contributed by atoms with Gasteiger partial charge in [0, 0.05) is 6.54 Å². The molecule has 1 amide bonds. The highest BCUT2D eigenvalue weighted by Gasteiger charge is 2.26. The number of hydrogen-bond donors (Lipinski definition) is 0. The molecule has 0 saturated carbocycles. The first-order chi connectivity index (χ1) is 13.5. The molecule has 0 fully saturated rings. The van der Waals surface area contributed by atoms with Crippen LogP contribution in [0.1, 0.15) is 37.3 Å². The van der Waals surface area contributed by atoms with E-state index in [1.807, 2.05) is 63.4 Å². The lowest BCUT2D eigenvalue weighted by molar-refractivity contribution is -0.139. The van der Waals surface area contributed by atoms with E-state index < -0.39 is 6.10 Å². The van der Waals surface area contributed by atoms with E-state index in [2.05, 4.69) is 10.1 Å². The second-order valence-electron chi connectivity index (χ2n) is 6.55. The van der Waals surface area contributed by atoms with Crippen LogP contribution in [0.3, 0.4) is 0 Å². The van der Waals surface area contributed by atoms with Gasteiger partial charge in [-0.25, -0.2) is 0 Å². The molecule has 6 nitrogen and oxygen atoms in total. The first kappa shape index (κ1) is 20.1. The quantitative estimate of drug-likeness (QED) is 0.553. The van der Waals surface area contributed by atoms with Crippen molar-refractivity contribution in [1.29, 1.82) is 0 Å². The fraction of sp³-hybridized carbons (Fsp3) is 0.381. The van der Waals surface area contributed by atoms with Crippen LogP contribution in [0.5, 0.6) is 5.75 Å². The lowest BCUT2D eigenvalue weighted by Crippen LogP contribution is -2.41. The van der Waals surface area contributed by atoms with Crippen LogP contribution in [0.2, 0.25) is 0 Å². The van der Waals surface area contributed by atoms with Gasteiger partial charge in [-0.1, -0.05) is 30.3 Å². The standard InChI is InChI=1S/C21H25N3O3S/c1-5-16(26-17-10-7-9-14(3)15(17)4)21(25)24(6-2)13-19-22-20(23-27-19)18-11-8-12-28-18/h7-12,16H,5-6,13H2,1-4H3. The molecule has 1 unspecified atom stereocenters. The van der Waals surface area contributed by atoms with Gasteiger partial charge in [0.15, 0.2) is 6.10 Å². The van der Waals surface area contributed by atoms with E-state index in [4.69, 9.17) is 9.26 Å². The van der Waals surface area contributed by atoms with Gasteiger partial charge in [0.2, 0.25) is 11.7 Å². The van der Waals surface area contributed by atoms with Crippen molar-refractivity contribution in [2.24, 2.45) is 0 Å². The Kier molecular flexibility index (Phi) is 6.46. The summed E-state index contributed by atoms with van der Waals surface area (Å²) < 4.78 is 11.4. The maximum atomic E-state index is 13.1. The Labute approximate surface area is 169 Å². The van der Waals surface area contributed by atoms with E-state index >= 15 is 0 Å². The van der Waals surface area contributed by atoms with Crippen LogP contribution in [-0.2, 0) is 11.3 Å². The van der Waals surface area contributed by atoms with Crippen molar-refractivity contribution < 1.29 is 14.1 Å². The third-order valence-corrected chi connectivity index (χ3v) is 5.57. The number of nitrogens with zero attached hydrogens (tertiary/aromatic N) is 3. The summed E-state index contributed by atoms with van der Waals surface area (Å²) in [6, 6.07) is 9.75. The topological polar surface area (TPSA) is 68.5 Å². The Morgan fingerprint density at radius 2 is 2.07 bits per heavy atom. The van der Waals surface area contributed by atoms with Crippen molar-refractivity contribution in [2.45, 2.75) is 46.8 Å². The van der Waals surface area contributed by atoms with Gasteiger partial charge in [0.1, 0.15) is 12.3 Å². The maximum Gasteiger partial charge on any atom is 0.264 e. The number of amides is 1. The number of hydrogen-bond acceptors (Lipinski definition) is 6. The average Bonchev–Trinajstić information content (AvgIpc) is 3.38. The van der Waals surface area contributed by atoms with E-state index in [0.717, 1.165) is 21.8 Å². The number of thiophene rings is 1. The molecule has 1 atom stereocenters. The number of benzene rings is 1. The normalized spacial score (nSPS) is 12.0. The summed E-state index contributed by atoms with van der Waals surface area (Å²) in [5, 5.41) is 5.98. The van der Waals surface area contributed by atoms with Crippen molar-refractivity contribution >= 4 is 17.2 Å². The Morgan fingerprint density at radius 3 is 2.75 bits per heavy atom. The number of rotatable bonds is 8. The number of aryl methyl sites for hydroxylation is 1. The van der Waals surface area contributed by atoms with Gasteiger partial charge in [0.05, 0.1) is 4.88 Å². The fourth-order valence-corrected chi connectivity index (χ4v) is 3.50. The van der Waals surface area contributed by atoms with Crippen LogP contribution < -0.4 is 4.74 Å². The third-order valence-electron chi connectivity index (χ3n) is 4.70. The summed E-state index contributed by atoms with van der Waals surface area (Å²) in [5.41, 5.74) is 2.19. The lowest BCUT2D eigenvalue weighted by atomic mass is 10.1. The molecule has 2 aromatic heterocycles. The number of likely N-dealkylation sites (N-methyl/N-ethyl adjacent to an activating group) is 1. The first-order valence-corrected chi connectivity index (χ1v) is 10.3. The molecule has 0 aliphatic heterocycles. The summed E-state index contributed by atoms with van der Waals surface area (Å²) in [6.07, 6.45) is 0.0210. The Hall–Kier alpha value is -2.67. The molecule has 148 valence electrons. The smallest absolute Gasteiger partial charge is 0.264 e. The highest BCUT2D eigenvalue weighted by molar-refractivity contribution is 7.13. The van der Waals surface area contributed by atoms with Crippen LogP contribution in [0.25, 0.3) is 10.7 Å². The Balaban J connectivity index is 1.71. The molecule has 0 bridgehead atoms. The summed E-state index contributed by atoms with van der Waals surface area (Å²) in [7, 11) is 0. The van der Waals surface area contributed by atoms with Gasteiger partial charge in [-0.2, -0.15) is 4.98 Å². The molecule has 0 aliphatic rings. The molecule has 0 N–H and O–H groups in total. The number of ether oxygens (including phenoxy) is 1. The number of carbonyl (C=O) groups excluding carboxylic acids is 1. The highest BCUT2D eigenvalue weighted by atomic mass is 32.1. The molecular weight excluding hydrogens is 374 g/mol. The zero-order valence-electron chi connectivity index (χ0n) is 16.6. The van der Waals surface area contributed by atoms with Crippen LogP contribution in [0.15, 0.2) is 40.2 Å². The molecular formula is C21H25N3O3S. The molecule has 3 rings (SSSR count). The zero-order chi connectivity index (χ0) is 20.1. The second-order valence-corrected chi connectivity index (χ2v) is 7.50. The lowest BCUT2D eigenvalue weighted by Gasteiger charge is -2.25. The summed E-state index contributed by atoms with van der Waals surface area (Å²) in [5.74, 6) is 1.63. The monoisotopic (exact) mass is 399 g/mol. The van der Waals surface area contributed by atoms with Gasteiger partial charge in [0.25, 0.3) is 5.91 Å². The zero-order valence-corrected chi connectivity index (χ0v) is 17.5. The second kappa shape index (κ2) is 9.01. The van der Waals surface area contributed by atoms with Crippen molar-refractivity contribution in [3.05, 3.63) is 52.7 Å². The largest absolute Gasteiger partial charge is 0.480 e. The molecule has 2 heterocycles. The van der Waals surface area contributed by atoms with Crippen LogP contribution in [0, 0.1) is 13.8 Å². The van der Waals surface area contributed by atoms with Gasteiger partial charge in [-0.05, 0) is 55.8 Å². The fourth-order valence-electron chi connectivity index (χ4n) is 2.85. The highest BCUT2D eigenvalue weighted by Crippen LogP contribution is 2.24. The predicted molar refractivity (Wildman–Crippen MR) is 109 cm³/mol. The molecule has 28 heavy (non-hydrogen) atoms. The molecule has 0 spiro atoms. The molecule has 0 radical (unpaired) electrons. The van der Waals surface area contributed by atoms with Crippen molar-refractivity contribution in [1.82, 2.24) is 15.0 Å². The summed E-state index contributed by atoms with van der Waals surface area (Å²) >= 11 is 1.55. The minimum atomic E-state index is -0.555. The number of carbonyl (C=O) groups is 1. The minimum Gasteiger partial charge on any atom is -0.480 e. The minimum absolute atomic E-state index is 0.0817. The van der Waals surface area contributed by atoms with E-state index in [1.165, 1.54) is 0 Å². The molecule has 3 aromatic rings.